The van der Waals surface area contributed by atoms with Gasteiger partial charge in [-0.1, -0.05) is 47.5 Å². The lowest BCUT2D eigenvalue weighted by Crippen LogP contribution is -2.32. The summed E-state index contributed by atoms with van der Waals surface area (Å²) in [5, 5.41) is 7.57. The van der Waals surface area contributed by atoms with Gasteiger partial charge >= 0.3 is 0 Å². The Bertz CT molecular complexity index is 929. The summed E-state index contributed by atoms with van der Waals surface area (Å²) < 4.78 is 24.4. The van der Waals surface area contributed by atoms with Crippen LogP contribution in [0.15, 0.2) is 53.6 Å². The number of nitrogens with zero attached hydrogens (tertiary/aromatic N) is 2. The fourth-order valence-corrected chi connectivity index (χ4v) is 5.84. The molecule has 0 amide bonds. The summed E-state index contributed by atoms with van der Waals surface area (Å²) in [6.45, 7) is 0. The molecule has 0 aromatic heterocycles. The minimum atomic E-state index is -3.10. The number of halogens is 2. The first-order valence-electron chi connectivity index (χ1n) is 7.53. The molecule has 0 spiro atoms. The largest absolute Gasteiger partial charge is 0.260 e. The number of hydrazone groups is 1. The lowest BCUT2D eigenvalue weighted by Gasteiger charge is -2.21. The van der Waals surface area contributed by atoms with E-state index in [9.17, 15) is 8.42 Å². The first-order chi connectivity index (χ1) is 11.4. The molecule has 2 unspecified atom stereocenters. The van der Waals surface area contributed by atoms with Crippen molar-refractivity contribution in [2.45, 2.75) is 6.04 Å². The summed E-state index contributed by atoms with van der Waals surface area (Å²) >= 11 is 12.3. The maximum atomic E-state index is 12.2. The number of hydrogen-bond acceptors (Lipinski definition) is 4. The van der Waals surface area contributed by atoms with Gasteiger partial charge < -0.3 is 0 Å². The highest BCUT2D eigenvalue weighted by atomic mass is 35.5. The van der Waals surface area contributed by atoms with Gasteiger partial charge in [-0.25, -0.2) is 8.42 Å². The molecule has 0 radical (unpaired) electrons. The quantitative estimate of drug-likeness (QED) is 0.798. The van der Waals surface area contributed by atoms with Gasteiger partial charge in [-0.15, -0.1) is 0 Å². The molecule has 2 atom stereocenters. The Kier molecular flexibility index (Phi) is 3.82. The van der Waals surface area contributed by atoms with Gasteiger partial charge in [0.15, 0.2) is 9.84 Å². The van der Waals surface area contributed by atoms with E-state index in [-0.39, 0.29) is 23.5 Å². The monoisotopic (exact) mass is 380 g/mol. The van der Waals surface area contributed by atoms with E-state index in [1.54, 1.807) is 18.2 Å². The van der Waals surface area contributed by atoms with Gasteiger partial charge in [0.1, 0.15) is 0 Å². The highest BCUT2D eigenvalue weighted by Gasteiger charge is 2.48. The lowest BCUT2D eigenvalue weighted by atomic mass is 9.94. The van der Waals surface area contributed by atoms with Crippen LogP contribution in [0, 0.1) is 5.92 Å². The average Bonchev–Trinajstić information content (AvgIpc) is 3.02. The third-order valence-corrected chi connectivity index (χ3v) is 6.70. The van der Waals surface area contributed by atoms with Crippen LogP contribution in [0.4, 0.5) is 5.69 Å². The zero-order valence-corrected chi connectivity index (χ0v) is 14.9. The molecule has 4 rings (SSSR count). The van der Waals surface area contributed by atoms with Crippen LogP contribution in [0.25, 0.3) is 0 Å². The second-order valence-electron chi connectivity index (χ2n) is 6.04. The molecule has 7 heteroatoms. The molecule has 1 fully saturated rings. The van der Waals surface area contributed by atoms with Crippen molar-refractivity contribution in [3.63, 3.8) is 0 Å². The molecule has 24 heavy (non-hydrogen) atoms. The Balaban J connectivity index is 1.83. The summed E-state index contributed by atoms with van der Waals surface area (Å²) in [5.41, 5.74) is 2.34. The van der Waals surface area contributed by atoms with Crippen LogP contribution in [-0.4, -0.2) is 31.7 Å². The third kappa shape index (κ3) is 2.70. The summed E-state index contributed by atoms with van der Waals surface area (Å²) in [7, 11) is -3.10. The van der Waals surface area contributed by atoms with Crippen molar-refractivity contribution < 1.29 is 8.42 Å². The van der Waals surface area contributed by atoms with Crippen molar-refractivity contribution in [2.75, 3.05) is 16.5 Å². The topological polar surface area (TPSA) is 49.7 Å². The molecule has 4 nitrogen and oxygen atoms in total. The fraction of sp³-hybridized carbons (Fsp3) is 0.235. The number of rotatable bonds is 2. The Labute approximate surface area is 150 Å². The maximum Gasteiger partial charge on any atom is 0.153 e. The SMILES string of the molecule is O=S1(=O)CC2C(c3ccc(Cl)cc3Cl)=NN(c3ccccc3)C2C1. The summed E-state index contributed by atoms with van der Waals surface area (Å²) in [6.07, 6.45) is 0. The number of hydrogen-bond donors (Lipinski definition) is 0. The zero-order chi connectivity index (χ0) is 16.9. The van der Waals surface area contributed by atoms with Crippen LogP contribution in [0.1, 0.15) is 5.56 Å². The van der Waals surface area contributed by atoms with Crippen LogP contribution in [0.5, 0.6) is 0 Å². The van der Waals surface area contributed by atoms with Crippen molar-refractivity contribution in [3.8, 4) is 0 Å². The number of anilines is 1. The van der Waals surface area contributed by atoms with E-state index in [1.165, 1.54) is 0 Å². The predicted octanol–water partition coefficient (Wildman–Crippen LogP) is 3.63. The predicted molar refractivity (Wildman–Crippen MR) is 97.9 cm³/mol. The Morgan fingerprint density at radius 2 is 1.79 bits per heavy atom. The van der Waals surface area contributed by atoms with Gasteiger partial charge in [0.25, 0.3) is 0 Å². The fourth-order valence-electron chi connectivity index (χ4n) is 3.38. The van der Waals surface area contributed by atoms with Crippen LogP contribution >= 0.6 is 23.2 Å². The average molecular weight is 381 g/mol. The molecule has 0 N–H and O–H groups in total. The second-order valence-corrected chi connectivity index (χ2v) is 9.04. The van der Waals surface area contributed by atoms with Crippen molar-refractivity contribution in [3.05, 3.63) is 64.1 Å². The van der Waals surface area contributed by atoms with E-state index in [1.807, 2.05) is 35.3 Å². The molecule has 2 aromatic carbocycles. The van der Waals surface area contributed by atoms with Crippen molar-refractivity contribution >= 4 is 44.4 Å². The molecule has 2 aliphatic heterocycles. The van der Waals surface area contributed by atoms with Gasteiger partial charge in [-0.2, -0.15) is 5.10 Å². The number of benzene rings is 2. The van der Waals surface area contributed by atoms with Gasteiger partial charge in [0.2, 0.25) is 0 Å². The van der Waals surface area contributed by atoms with Crippen molar-refractivity contribution in [2.24, 2.45) is 11.0 Å². The van der Waals surface area contributed by atoms with Gasteiger partial charge in [-0.3, -0.25) is 5.01 Å². The molecule has 0 bridgehead atoms. The standard InChI is InChI=1S/C17H14Cl2N2O2S/c18-11-6-7-13(15(19)8-11)17-14-9-24(22,23)10-16(14)21(20-17)12-4-2-1-3-5-12/h1-8,14,16H,9-10H2. The number of para-hydroxylation sites is 1. The third-order valence-electron chi connectivity index (χ3n) is 4.43. The highest BCUT2D eigenvalue weighted by Crippen LogP contribution is 2.38. The smallest absolute Gasteiger partial charge is 0.153 e. The summed E-state index contributed by atoms with van der Waals surface area (Å²) in [4.78, 5) is 0. The molecule has 2 aromatic rings. The van der Waals surface area contributed by atoms with E-state index in [4.69, 9.17) is 28.3 Å². The van der Waals surface area contributed by atoms with Crippen LogP contribution < -0.4 is 5.01 Å². The van der Waals surface area contributed by atoms with Crippen molar-refractivity contribution in [1.82, 2.24) is 0 Å². The minimum Gasteiger partial charge on any atom is -0.260 e. The molecule has 0 aliphatic carbocycles. The Morgan fingerprint density at radius 1 is 1.04 bits per heavy atom. The minimum absolute atomic E-state index is 0.0960. The first-order valence-corrected chi connectivity index (χ1v) is 10.1. The normalized spacial score (nSPS) is 24.8. The maximum absolute atomic E-state index is 12.2. The van der Waals surface area contributed by atoms with E-state index in [0.29, 0.717) is 15.8 Å². The molecule has 2 heterocycles. The van der Waals surface area contributed by atoms with Crippen LogP contribution in [-0.2, 0) is 9.84 Å². The first kappa shape index (κ1) is 15.9. The van der Waals surface area contributed by atoms with E-state index < -0.39 is 9.84 Å². The number of fused-ring (bicyclic) bond motifs is 1. The van der Waals surface area contributed by atoms with E-state index >= 15 is 0 Å². The summed E-state index contributed by atoms with van der Waals surface area (Å²) in [5.74, 6) is 0.0118. The number of sulfone groups is 1. The zero-order valence-electron chi connectivity index (χ0n) is 12.6. The molecular formula is C17H14Cl2N2O2S. The Morgan fingerprint density at radius 3 is 2.50 bits per heavy atom. The molecule has 2 aliphatic rings. The van der Waals surface area contributed by atoms with Crippen LogP contribution in [0.2, 0.25) is 10.0 Å². The van der Waals surface area contributed by atoms with E-state index in [2.05, 4.69) is 0 Å². The van der Waals surface area contributed by atoms with Crippen molar-refractivity contribution in [1.29, 1.82) is 0 Å². The van der Waals surface area contributed by atoms with Gasteiger partial charge in [0, 0.05) is 16.5 Å². The lowest BCUT2D eigenvalue weighted by molar-refractivity contribution is 0.600. The Hall–Kier alpha value is -1.56. The molecular weight excluding hydrogens is 367 g/mol. The second kappa shape index (κ2) is 5.76. The van der Waals surface area contributed by atoms with Crippen LogP contribution in [0.3, 0.4) is 0 Å². The highest BCUT2D eigenvalue weighted by molar-refractivity contribution is 7.91. The van der Waals surface area contributed by atoms with Gasteiger partial charge in [-0.05, 0) is 24.3 Å². The van der Waals surface area contributed by atoms with E-state index in [0.717, 1.165) is 11.3 Å². The molecule has 0 saturated carbocycles. The molecule has 124 valence electrons. The summed E-state index contributed by atoms with van der Waals surface area (Å²) in [6, 6.07) is 14.6. The van der Waals surface area contributed by atoms with Gasteiger partial charge in [0.05, 0.1) is 34.0 Å². The molecule has 1 saturated heterocycles.